The topological polar surface area (TPSA) is 0 Å². The molecular weight excluding hydrogens is 279 g/mol. The summed E-state index contributed by atoms with van der Waals surface area (Å²) in [6, 6.07) is 13.1. The SMILES string of the molecule is B=Cc1c(C=C)sc2c1sc1cc3ccccc3cc12. The summed E-state index contributed by atoms with van der Waals surface area (Å²) in [6.45, 7) is 3.91. The fourth-order valence-corrected chi connectivity index (χ4v) is 5.30. The molecular formula is C17H11BS2. The molecule has 4 rings (SSSR count). The molecule has 0 fully saturated rings. The van der Waals surface area contributed by atoms with Crippen molar-refractivity contribution in [2.45, 2.75) is 0 Å². The van der Waals surface area contributed by atoms with Gasteiger partial charge in [0.2, 0.25) is 0 Å². The Balaban J connectivity index is 2.21. The Morgan fingerprint density at radius 2 is 1.75 bits per heavy atom. The first-order valence-electron chi connectivity index (χ1n) is 6.44. The van der Waals surface area contributed by atoms with Crippen molar-refractivity contribution in [1.29, 1.82) is 0 Å². The number of thiophene rings is 2. The molecule has 0 bridgehead atoms. The van der Waals surface area contributed by atoms with E-state index in [-0.39, 0.29) is 0 Å². The second-order valence-electron chi connectivity index (χ2n) is 4.74. The van der Waals surface area contributed by atoms with Crippen LogP contribution in [0.25, 0.3) is 36.3 Å². The summed E-state index contributed by atoms with van der Waals surface area (Å²) in [5, 5.41) is 3.95. The average Bonchev–Trinajstić information content (AvgIpc) is 2.99. The first kappa shape index (κ1) is 12.1. The molecule has 0 N–H and O–H groups in total. The molecule has 0 nitrogen and oxygen atoms in total. The molecule has 0 aliphatic carbocycles. The van der Waals surface area contributed by atoms with Crippen LogP contribution in [-0.4, -0.2) is 13.5 Å². The number of rotatable bonds is 2. The van der Waals surface area contributed by atoms with E-state index in [2.05, 4.69) is 50.5 Å². The Hall–Kier alpha value is -1.71. The van der Waals surface area contributed by atoms with Crippen molar-refractivity contribution in [3.8, 4) is 0 Å². The van der Waals surface area contributed by atoms with Crippen LogP contribution in [0.5, 0.6) is 0 Å². The predicted molar refractivity (Wildman–Crippen MR) is 97.1 cm³/mol. The zero-order valence-corrected chi connectivity index (χ0v) is 12.5. The monoisotopic (exact) mass is 290 g/mol. The molecule has 0 spiro atoms. The van der Waals surface area contributed by atoms with Crippen molar-refractivity contribution in [1.82, 2.24) is 0 Å². The minimum atomic E-state index is 1.22. The van der Waals surface area contributed by atoms with Gasteiger partial charge in [0, 0.05) is 0 Å². The third kappa shape index (κ3) is 1.57. The summed E-state index contributed by atoms with van der Waals surface area (Å²) in [5.74, 6) is 1.95. The maximum absolute atomic E-state index is 3.95. The molecule has 20 heavy (non-hydrogen) atoms. The van der Waals surface area contributed by atoms with Crippen LogP contribution in [0.3, 0.4) is 0 Å². The first-order chi connectivity index (χ1) is 9.81. The first-order valence-corrected chi connectivity index (χ1v) is 8.08. The van der Waals surface area contributed by atoms with Gasteiger partial charge in [-0.2, -0.15) is 0 Å². The van der Waals surface area contributed by atoms with Gasteiger partial charge in [0.05, 0.1) is 0 Å². The molecule has 0 aliphatic heterocycles. The Kier molecular flexibility index (Phi) is 2.66. The minimum absolute atomic E-state index is 1.22. The molecule has 0 saturated heterocycles. The number of hydrogen-bond acceptors (Lipinski definition) is 2. The fraction of sp³-hybridized carbons (Fsp3) is 0. The van der Waals surface area contributed by atoms with Crippen molar-refractivity contribution in [2.75, 3.05) is 0 Å². The van der Waals surface area contributed by atoms with E-state index in [9.17, 15) is 0 Å². The van der Waals surface area contributed by atoms with Crippen LogP contribution in [0.4, 0.5) is 0 Å². The van der Waals surface area contributed by atoms with Gasteiger partial charge in [-0.15, -0.1) is 0 Å². The van der Waals surface area contributed by atoms with Crippen LogP contribution in [0.1, 0.15) is 10.4 Å². The van der Waals surface area contributed by atoms with Gasteiger partial charge < -0.3 is 0 Å². The molecule has 0 radical (unpaired) electrons. The third-order valence-corrected chi connectivity index (χ3v) is 6.17. The van der Waals surface area contributed by atoms with Gasteiger partial charge >= 0.3 is 126 Å². The van der Waals surface area contributed by atoms with Crippen LogP contribution in [-0.2, 0) is 0 Å². The summed E-state index contributed by atoms with van der Waals surface area (Å²) >= 11 is 3.67. The van der Waals surface area contributed by atoms with Gasteiger partial charge in [0.1, 0.15) is 0 Å². The summed E-state index contributed by atoms with van der Waals surface area (Å²) in [6.07, 6.45) is 1.93. The zero-order valence-electron chi connectivity index (χ0n) is 10.8. The van der Waals surface area contributed by atoms with Gasteiger partial charge in [-0.05, 0) is 0 Å². The van der Waals surface area contributed by atoms with E-state index in [1.54, 1.807) is 0 Å². The molecule has 0 aliphatic rings. The standard InChI is InChI=1S/C17H11BS2/c1-2-14-13(9-18)17-16(19-14)12-7-10-5-3-4-6-11(10)8-15(12)20-17/h2-9,18H,1H2. The van der Waals surface area contributed by atoms with Crippen LogP contribution < -0.4 is 0 Å². The van der Waals surface area contributed by atoms with E-state index in [1.165, 1.54) is 40.7 Å². The molecule has 94 valence electrons. The van der Waals surface area contributed by atoms with E-state index in [0.29, 0.717) is 0 Å². The van der Waals surface area contributed by atoms with E-state index in [1.807, 2.05) is 34.7 Å². The second-order valence-corrected chi connectivity index (χ2v) is 6.85. The van der Waals surface area contributed by atoms with Gasteiger partial charge in [-0.1, -0.05) is 0 Å². The molecule has 2 aromatic carbocycles. The van der Waals surface area contributed by atoms with Crippen LogP contribution >= 0.6 is 22.7 Å². The van der Waals surface area contributed by atoms with Crippen molar-refractivity contribution in [3.63, 3.8) is 0 Å². The fourth-order valence-electron chi connectivity index (χ4n) is 2.66. The molecule has 4 aromatic rings. The maximum atomic E-state index is 3.95. The quantitative estimate of drug-likeness (QED) is 0.458. The van der Waals surface area contributed by atoms with Gasteiger partial charge in [0.25, 0.3) is 0 Å². The Morgan fingerprint density at radius 1 is 1.00 bits per heavy atom. The molecule has 2 aromatic heterocycles. The van der Waals surface area contributed by atoms with Crippen molar-refractivity contribution in [2.24, 2.45) is 0 Å². The van der Waals surface area contributed by atoms with E-state index in [4.69, 9.17) is 0 Å². The number of benzene rings is 2. The van der Waals surface area contributed by atoms with E-state index < -0.39 is 0 Å². The van der Waals surface area contributed by atoms with Crippen LogP contribution in [0.2, 0.25) is 0 Å². The normalized spacial score (nSPS) is 11.3. The summed E-state index contributed by atoms with van der Waals surface area (Å²) in [4.78, 5) is 1.22. The Labute approximate surface area is 126 Å². The van der Waals surface area contributed by atoms with E-state index in [0.717, 1.165) is 0 Å². The molecule has 3 heteroatoms. The zero-order chi connectivity index (χ0) is 13.7. The molecule has 0 unspecified atom stereocenters. The van der Waals surface area contributed by atoms with Gasteiger partial charge in [-0.3, -0.25) is 0 Å². The van der Waals surface area contributed by atoms with Crippen LogP contribution in [0.15, 0.2) is 43.0 Å². The summed E-state index contributed by atoms with van der Waals surface area (Å²) in [7, 11) is 3.95. The predicted octanol–water partition coefficient (Wildman–Crippen LogP) is 4.96. The Bertz CT molecular complexity index is 988. The molecule has 0 amide bonds. The Morgan fingerprint density at radius 3 is 2.45 bits per heavy atom. The molecule has 0 saturated carbocycles. The van der Waals surface area contributed by atoms with Crippen LogP contribution in [0, 0.1) is 0 Å². The van der Waals surface area contributed by atoms with E-state index >= 15 is 0 Å². The molecule has 0 atom stereocenters. The van der Waals surface area contributed by atoms with Crippen molar-refractivity contribution in [3.05, 3.63) is 53.4 Å². The summed E-state index contributed by atoms with van der Waals surface area (Å²) in [5.41, 5.74) is 1.23. The number of hydrogen-bond donors (Lipinski definition) is 0. The van der Waals surface area contributed by atoms with Crippen molar-refractivity contribution >= 4 is 72.5 Å². The van der Waals surface area contributed by atoms with Gasteiger partial charge in [-0.25, -0.2) is 0 Å². The van der Waals surface area contributed by atoms with Crippen molar-refractivity contribution < 1.29 is 0 Å². The van der Waals surface area contributed by atoms with Gasteiger partial charge in [0.15, 0.2) is 0 Å². The average molecular weight is 290 g/mol. The summed E-state index contributed by atoms with van der Waals surface area (Å²) < 4.78 is 4.05. The number of fused-ring (bicyclic) bond motifs is 4. The molecule has 2 heterocycles. The second kappa shape index (κ2) is 4.40. The third-order valence-electron chi connectivity index (χ3n) is 3.62.